The number of piperidine rings is 1. The highest BCUT2D eigenvalue weighted by atomic mass is 16.5. The van der Waals surface area contributed by atoms with Gasteiger partial charge < -0.3 is 14.5 Å². The second-order valence-corrected chi connectivity index (χ2v) is 5.66. The van der Waals surface area contributed by atoms with Crippen molar-refractivity contribution in [1.29, 1.82) is 0 Å². The van der Waals surface area contributed by atoms with Gasteiger partial charge in [-0.15, -0.1) is 0 Å². The Labute approximate surface area is 107 Å². The third kappa shape index (κ3) is 1.90. The molecule has 3 saturated heterocycles. The van der Waals surface area contributed by atoms with Crippen molar-refractivity contribution in [3.63, 3.8) is 0 Å². The van der Waals surface area contributed by atoms with Crippen LogP contribution in [0.5, 0.6) is 0 Å². The largest absolute Gasteiger partial charge is 0.379 e. The molecule has 0 bridgehead atoms. The second kappa shape index (κ2) is 4.53. The molecule has 3 fully saturated rings. The van der Waals surface area contributed by atoms with Crippen LogP contribution in [0.1, 0.15) is 19.8 Å². The van der Waals surface area contributed by atoms with Gasteiger partial charge in [0.2, 0.25) is 11.8 Å². The molecule has 5 heteroatoms. The Morgan fingerprint density at radius 2 is 2.00 bits per heavy atom. The number of carbonyl (C=O) groups excluding carboxylic acids is 2. The summed E-state index contributed by atoms with van der Waals surface area (Å²) in [5.74, 6) is 0.854. The summed E-state index contributed by atoms with van der Waals surface area (Å²) >= 11 is 0. The highest BCUT2D eigenvalue weighted by Gasteiger charge is 2.43. The van der Waals surface area contributed by atoms with Crippen LogP contribution in [0.3, 0.4) is 0 Å². The fourth-order valence-electron chi connectivity index (χ4n) is 3.30. The van der Waals surface area contributed by atoms with Gasteiger partial charge in [0, 0.05) is 32.5 Å². The maximum atomic E-state index is 12.4. The lowest BCUT2D eigenvalue weighted by Gasteiger charge is -2.44. The van der Waals surface area contributed by atoms with Crippen LogP contribution in [-0.2, 0) is 14.3 Å². The van der Waals surface area contributed by atoms with E-state index in [1.165, 1.54) is 6.42 Å². The monoisotopic (exact) mass is 252 g/mol. The lowest BCUT2D eigenvalue weighted by molar-refractivity contribution is -0.150. The van der Waals surface area contributed by atoms with Crippen LogP contribution >= 0.6 is 0 Å². The summed E-state index contributed by atoms with van der Waals surface area (Å²) in [5, 5.41) is 0. The zero-order valence-corrected chi connectivity index (χ0v) is 10.8. The average Bonchev–Trinajstić information content (AvgIpc) is 2.73. The van der Waals surface area contributed by atoms with Gasteiger partial charge in [0.15, 0.2) is 0 Å². The molecule has 3 heterocycles. The molecule has 0 saturated carbocycles. The summed E-state index contributed by atoms with van der Waals surface area (Å²) in [7, 11) is 0. The van der Waals surface area contributed by atoms with E-state index in [2.05, 4.69) is 0 Å². The van der Waals surface area contributed by atoms with Crippen molar-refractivity contribution in [2.24, 2.45) is 11.8 Å². The van der Waals surface area contributed by atoms with E-state index in [9.17, 15) is 9.59 Å². The maximum Gasteiger partial charge on any atom is 0.229 e. The molecule has 2 amide bonds. The normalized spacial score (nSPS) is 32.1. The van der Waals surface area contributed by atoms with E-state index < -0.39 is 0 Å². The number of fused-ring (bicyclic) bond motifs is 1. The van der Waals surface area contributed by atoms with Crippen molar-refractivity contribution in [3.05, 3.63) is 0 Å². The Morgan fingerprint density at radius 1 is 1.22 bits per heavy atom. The van der Waals surface area contributed by atoms with Gasteiger partial charge in [-0.2, -0.15) is 0 Å². The number of hydrogen-bond donors (Lipinski definition) is 0. The Bertz CT molecular complexity index is 365. The summed E-state index contributed by atoms with van der Waals surface area (Å²) < 4.78 is 5.50. The minimum Gasteiger partial charge on any atom is -0.379 e. The standard InChI is InChI=1S/C13H20N2O3/c1-9(16)14-5-11(6-14)13(17)15-4-2-3-10-7-18-8-12(10)15/h10-12H,2-8H2,1H3/t10-,12+/m0/s1. The van der Waals surface area contributed by atoms with Crippen LogP contribution < -0.4 is 0 Å². The molecule has 3 aliphatic rings. The third-order valence-electron chi connectivity index (χ3n) is 4.50. The summed E-state index contributed by atoms with van der Waals surface area (Å²) in [6, 6.07) is 0.289. The van der Waals surface area contributed by atoms with Gasteiger partial charge >= 0.3 is 0 Å². The summed E-state index contributed by atoms with van der Waals surface area (Å²) in [5.41, 5.74) is 0. The van der Waals surface area contributed by atoms with E-state index in [0.29, 0.717) is 25.6 Å². The van der Waals surface area contributed by atoms with Gasteiger partial charge in [-0.05, 0) is 12.8 Å². The minimum absolute atomic E-state index is 0.0215. The Kier molecular flexibility index (Phi) is 3.01. The first-order valence-corrected chi connectivity index (χ1v) is 6.80. The number of hydrogen-bond acceptors (Lipinski definition) is 3. The minimum atomic E-state index is 0.0215. The molecule has 0 aliphatic carbocycles. The zero-order chi connectivity index (χ0) is 12.7. The van der Waals surface area contributed by atoms with E-state index in [4.69, 9.17) is 4.74 Å². The van der Waals surface area contributed by atoms with Crippen LogP contribution in [0.25, 0.3) is 0 Å². The van der Waals surface area contributed by atoms with Crippen molar-refractivity contribution >= 4 is 11.8 Å². The highest BCUT2D eigenvalue weighted by Crippen LogP contribution is 2.31. The molecular weight excluding hydrogens is 232 g/mol. The van der Waals surface area contributed by atoms with Crippen molar-refractivity contribution in [2.45, 2.75) is 25.8 Å². The molecule has 0 N–H and O–H groups in total. The lowest BCUT2D eigenvalue weighted by Crippen LogP contribution is -2.59. The van der Waals surface area contributed by atoms with Crippen molar-refractivity contribution < 1.29 is 14.3 Å². The van der Waals surface area contributed by atoms with Gasteiger partial charge in [-0.1, -0.05) is 0 Å². The number of nitrogens with zero attached hydrogens (tertiary/aromatic N) is 2. The Balaban J connectivity index is 1.61. The molecule has 5 nitrogen and oxygen atoms in total. The Hall–Kier alpha value is -1.10. The van der Waals surface area contributed by atoms with Crippen LogP contribution in [0.15, 0.2) is 0 Å². The second-order valence-electron chi connectivity index (χ2n) is 5.66. The quantitative estimate of drug-likeness (QED) is 0.665. The van der Waals surface area contributed by atoms with E-state index >= 15 is 0 Å². The first kappa shape index (κ1) is 12.0. The van der Waals surface area contributed by atoms with E-state index in [0.717, 1.165) is 19.6 Å². The van der Waals surface area contributed by atoms with Crippen LogP contribution in [0.4, 0.5) is 0 Å². The molecule has 18 heavy (non-hydrogen) atoms. The van der Waals surface area contributed by atoms with E-state index in [-0.39, 0.29) is 23.8 Å². The van der Waals surface area contributed by atoms with Gasteiger partial charge in [0.05, 0.1) is 25.2 Å². The van der Waals surface area contributed by atoms with Gasteiger partial charge in [-0.25, -0.2) is 0 Å². The molecule has 0 aromatic carbocycles. The number of likely N-dealkylation sites (tertiary alicyclic amines) is 2. The van der Waals surface area contributed by atoms with Gasteiger partial charge in [0.1, 0.15) is 0 Å². The van der Waals surface area contributed by atoms with Gasteiger partial charge in [0.25, 0.3) is 0 Å². The van der Waals surface area contributed by atoms with E-state index in [1.807, 2.05) is 4.90 Å². The smallest absolute Gasteiger partial charge is 0.229 e. The maximum absolute atomic E-state index is 12.4. The SMILES string of the molecule is CC(=O)N1CC(C(=O)N2CCC[C@H]3COC[C@H]32)C1. The first-order chi connectivity index (χ1) is 8.66. The molecule has 0 aromatic rings. The molecule has 3 rings (SSSR count). The van der Waals surface area contributed by atoms with Gasteiger partial charge in [-0.3, -0.25) is 9.59 Å². The van der Waals surface area contributed by atoms with Crippen LogP contribution in [-0.4, -0.2) is 60.5 Å². The fraction of sp³-hybridized carbons (Fsp3) is 0.846. The highest BCUT2D eigenvalue weighted by molar-refractivity contribution is 5.84. The zero-order valence-electron chi connectivity index (χ0n) is 10.8. The van der Waals surface area contributed by atoms with Crippen LogP contribution in [0, 0.1) is 11.8 Å². The number of rotatable bonds is 1. The molecule has 0 aromatic heterocycles. The lowest BCUT2D eigenvalue weighted by atomic mass is 9.89. The number of amides is 2. The Morgan fingerprint density at radius 3 is 2.72 bits per heavy atom. The number of ether oxygens (including phenoxy) is 1. The number of carbonyl (C=O) groups is 2. The van der Waals surface area contributed by atoms with E-state index in [1.54, 1.807) is 11.8 Å². The van der Waals surface area contributed by atoms with Crippen LogP contribution in [0.2, 0.25) is 0 Å². The van der Waals surface area contributed by atoms with Crippen molar-refractivity contribution in [1.82, 2.24) is 9.80 Å². The molecule has 2 atom stereocenters. The fourth-order valence-corrected chi connectivity index (χ4v) is 3.30. The predicted octanol–water partition coefficient (Wildman–Crippen LogP) is 0.102. The summed E-state index contributed by atoms with van der Waals surface area (Å²) in [6.45, 7) is 5.12. The third-order valence-corrected chi connectivity index (χ3v) is 4.50. The van der Waals surface area contributed by atoms with Crippen molar-refractivity contribution in [2.75, 3.05) is 32.8 Å². The first-order valence-electron chi connectivity index (χ1n) is 6.80. The average molecular weight is 252 g/mol. The predicted molar refractivity (Wildman–Crippen MR) is 64.8 cm³/mol. The molecular formula is C13H20N2O3. The summed E-state index contributed by atoms with van der Waals surface area (Å²) in [4.78, 5) is 27.3. The topological polar surface area (TPSA) is 49.9 Å². The molecule has 0 spiro atoms. The molecule has 100 valence electrons. The molecule has 0 unspecified atom stereocenters. The van der Waals surface area contributed by atoms with Crippen molar-refractivity contribution in [3.8, 4) is 0 Å². The molecule has 0 radical (unpaired) electrons. The molecule has 3 aliphatic heterocycles. The summed E-state index contributed by atoms with van der Waals surface area (Å²) in [6.07, 6.45) is 2.26.